The number of hydrogen-bond donors (Lipinski definition) is 1. The standard InChI is InChI=1S/C13H25N3O4/c1-11(2)14-4-6-15(7-5-14)13(19)16(8-9-20-3)10-12(17)18/h11H,4-10H2,1-3H3,(H,17,18). The van der Waals surface area contributed by atoms with E-state index in [0.29, 0.717) is 32.3 Å². The third kappa shape index (κ3) is 4.97. The topological polar surface area (TPSA) is 73.3 Å². The number of urea groups is 1. The van der Waals surface area contributed by atoms with Crippen molar-refractivity contribution in [3.8, 4) is 0 Å². The highest BCUT2D eigenvalue weighted by Crippen LogP contribution is 2.08. The maximum atomic E-state index is 12.3. The van der Waals surface area contributed by atoms with Gasteiger partial charge in [-0.05, 0) is 13.8 Å². The minimum atomic E-state index is -1.00. The van der Waals surface area contributed by atoms with Gasteiger partial charge in [0.15, 0.2) is 0 Å². The van der Waals surface area contributed by atoms with Crippen molar-refractivity contribution >= 4 is 12.0 Å². The Balaban J connectivity index is 2.54. The molecule has 0 aromatic carbocycles. The smallest absolute Gasteiger partial charge is 0.323 e. The Morgan fingerprint density at radius 3 is 2.30 bits per heavy atom. The molecule has 7 nitrogen and oxygen atoms in total. The zero-order valence-corrected chi connectivity index (χ0v) is 12.5. The number of carboxylic acids is 1. The summed E-state index contributed by atoms with van der Waals surface area (Å²) < 4.78 is 4.93. The Morgan fingerprint density at radius 1 is 1.25 bits per heavy atom. The molecule has 0 aromatic heterocycles. The summed E-state index contributed by atoms with van der Waals surface area (Å²) in [6.45, 7) is 7.55. The minimum absolute atomic E-state index is 0.215. The number of aliphatic carboxylic acids is 1. The molecule has 20 heavy (non-hydrogen) atoms. The fourth-order valence-electron chi connectivity index (χ4n) is 2.24. The molecule has 1 aliphatic rings. The Labute approximate surface area is 120 Å². The lowest BCUT2D eigenvalue weighted by molar-refractivity contribution is -0.137. The van der Waals surface area contributed by atoms with Crippen molar-refractivity contribution in [1.29, 1.82) is 0 Å². The zero-order chi connectivity index (χ0) is 15.1. The van der Waals surface area contributed by atoms with Crippen molar-refractivity contribution in [3.05, 3.63) is 0 Å². The van der Waals surface area contributed by atoms with Gasteiger partial charge in [0.25, 0.3) is 0 Å². The number of carboxylic acid groups (broad SMARTS) is 1. The average Bonchev–Trinajstić information content (AvgIpc) is 2.42. The highest BCUT2D eigenvalue weighted by Gasteiger charge is 2.26. The van der Waals surface area contributed by atoms with Crippen LogP contribution < -0.4 is 0 Å². The number of amides is 2. The lowest BCUT2D eigenvalue weighted by atomic mass is 10.2. The Morgan fingerprint density at radius 2 is 1.85 bits per heavy atom. The lowest BCUT2D eigenvalue weighted by Gasteiger charge is -2.38. The van der Waals surface area contributed by atoms with Crippen LogP contribution in [-0.4, -0.2) is 90.8 Å². The van der Waals surface area contributed by atoms with Crippen LogP contribution in [0.1, 0.15) is 13.8 Å². The predicted molar refractivity (Wildman–Crippen MR) is 74.8 cm³/mol. The molecule has 0 spiro atoms. The van der Waals surface area contributed by atoms with E-state index in [9.17, 15) is 9.59 Å². The number of rotatable bonds is 6. The summed E-state index contributed by atoms with van der Waals surface area (Å²) in [4.78, 5) is 28.5. The Kier molecular flexibility index (Phi) is 6.74. The number of ether oxygens (including phenoxy) is 1. The van der Waals surface area contributed by atoms with Crippen LogP contribution in [-0.2, 0) is 9.53 Å². The molecule has 1 N–H and O–H groups in total. The summed E-state index contributed by atoms with van der Waals surface area (Å²) in [6.07, 6.45) is 0. The number of carbonyl (C=O) groups excluding carboxylic acids is 1. The molecule has 116 valence electrons. The quantitative estimate of drug-likeness (QED) is 0.753. The number of carbonyl (C=O) groups is 2. The van der Waals surface area contributed by atoms with E-state index in [1.165, 1.54) is 12.0 Å². The van der Waals surface area contributed by atoms with Crippen molar-refractivity contribution in [2.75, 3.05) is 53.0 Å². The molecule has 0 unspecified atom stereocenters. The molecule has 0 atom stereocenters. The van der Waals surface area contributed by atoms with E-state index in [2.05, 4.69) is 18.7 Å². The maximum absolute atomic E-state index is 12.3. The summed E-state index contributed by atoms with van der Waals surface area (Å²) in [5, 5.41) is 8.88. The lowest BCUT2D eigenvalue weighted by Crippen LogP contribution is -2.55. The van der Waals surface area contributed by atoms with E-state index in [0.717, 1.165) is 13.1 Å². The van der Waals surface area contributed by atoms with Crippen LogP contribution in [0.15, 0.2) is 0 Å². The van der Waals surface area contributed by atoms with Crippen LogP contribution in [0.25, 0.3) is 0 Å². The molecule has 7 heteroatoms. The summed E-state index contributed by atoms with van der Waals surface area (Å²) >= 11 is 0. The number of nitrogens with zero attached hydrogens (tertiary/aromatic N) is 3. The first kappa shape index (κ1) is 16.7. The second kappa shape index (κ2) is 8.06. The van der Waals surface area contributed by atoms with Gasteiger partial charge in [0.05, 0.1) is 6.61 Å². The van der Waals surface area contributed by atoms with E-state index in [1.54, 1.807) is 4.90 Å². The summed E-state index contributed by atoms with van der Waals surface area (Å²) in [6, 6.07) is 0.253. The average molecular weight is 287 g/mol. The fourth-order valence-corrected chi connectivity index (χ4v) is 2.24. The van der Waals surface area contributed by atoms with Crippen molar-refractivity contribution in [3.63, 3.8) is 0 Å². The van der Waals surface area contributed by atoms with E-state index < -0.39 is 5.97 Å². The minimum Gasteiger partial charge on any atom is -0.480 e. The van der Waals surface area contributed by atoms with Crippen LogP contribution in [0.5, 0.6) is 0 Å². The molecular weight excluding hydrogens is 262 g/mol. The van der Waals surface area contributed by atoms with Crippen molar-refractivity contribution < 1.29 is 19.4 Å². The second-order valence-corrected chi connectivity index (χ2v) is 5.21. The van der Waals surface area contributed by atoms with Gasteiger partial charge in [-0.15, -0.1) is 0 Å². The van der Waals surface area contributed by atoms with E-state index in [-0.39, 0.29) is 12.6 Å². The van der Waals surface area contributed by atoms with E-state index in [4.69, 9.17) is 9.84 Å². The van der Waals surface area contributed by atoms with Gasteiger partial charge in [-0.1, -0.05) is 0 Å². The molecule has 1 fully saturated rings. The molecule has 1 aliphatic heterocycles. The molecule has 1 heterocycles. The fraction of sp³-hybridized carbons (Fsp3) is 0.846. The van der Waals surface area contributed by atoms with Crippen LogP contribution in [0, 0.1) is 0 Å². The van der Waals surface area contributed by atoms with Gasteiger partial charge < -0.3 is 19.6 Å². The Bertz CT molecular complexity index is 328. The normalized spacial score (nSPS) is 16.5. The molecule has 0 aliphatic carbocycles. The van der Waals surface area contributed by atoms with Crippen LogP contribution in [0.2, 0.25) is 0 Å². The molecule has 0 saturated carbocycles. The molecule has 0 radical (unpaired) electrons. The van der Waals surface area contributed by atoms with E-state index in [1.807, 2.05) is 0 Å². The zero-order valence-electron chi connectivity index (χ0n) is 12.5. The molecule has 2 amide bonds. The van der Waals surface area contributed by atoms with Crippen molar-refractivity contribution in [2.24, 2.45) is 0 Å². The van der Waals surface area contributed by atoms with Gasteiger partial charge in [0, 0.05) is 45.9 Å². The number of methoxy groups -OCH3 is 1. The second-order valence-electron chi connectivity index (χ2n) is 5.21. The van der Waals surface area contributed by atoms with Crippen molar-refractivity contribution in [1.82, 2.24) is 14.7 Å². The summed E-state index contributed by atoms with van der Waals surface area (Å²) in [5.74, 6) is -1.00. The maximum Gasteiger partial charge on any atom is 0.323 e. The first-order chi connectivity index (χ1) is 9.45. The number of hydrogen-bond acceptors (Lipinski definition) is 4. The van der Waals surface area contributed by atoms with Gasteiger partial charge in [0.2, 0.25) is 0 Å². The monoisotopic (exact) mass is 287 g/mol. The van der Waals surface area contributed by atoms with Gasteiger partial charge in [-0.3, -0.25) is 9.69 Å². The highest BCUT2D eigenvalue weighted by molar-refractivity contribution is 5.80. The van der Waals surface area contributed by atoms with Gasteiger partial charge in [0.1, 0.15) is 6.54 Å². The first-order valence-corrected chi connectivity index (χ1v) is 6.94. The van der Waals surface area contributed by atoms with Crippen LogP contribution in [0.3, 0.4) is 0 Å². The molecule has 0 aromatic rings. The predicted octanol–water partition coefficient (Wildman–Crippen LogP) is 0.165. The van der Waals surface area contributed by atoms with Gasteiger partial charge >= 0.3 is 12.0 Å². The van der Waals surface area contributed by atoms with Crippen LogP contribution >= 0.6 is 0 Å². The Hall–Kier alpha value is -1.34. The largest absolute Gasteiger partial charge is 0.480 e. The third-order valence-electron chi connectivity index (χ3n) is 3.48. The third-order valence-corrected chi connectivity index (χ3v) is 3.48. The first-order valence-electron chi connectivity index (χ1n) is 6.94. The molecule has 1 rings (SSSR count). The molecular formula is C13H25N3O4. The summed E-state index contributed by atoms with van der Waals surface area (Å²) in [7, 11) is 1.53. The highest BCUT2D eigenvalue weighted by atomic mass is 16.5. The van der Waals surface area contributed by atoms with Crippen LogP contribution in [0.4, 0.5) is 4.79 Å². The molecule has 1 saturated heterocycles. The molecule has 0 bridgehead atoms. The summed E-state index contributed by atoms with van der Waals surface area (Å²) in [5.41, 5.74) is 0. The SMILES string of the molecule is COCCN(CC(=O)O)C(=O)N1CCN(C(C)C)CC1. The van der Waals surface area contributed by atoms with Gasteiger partial charge in [-0.25, -0.2) is 4.79 Å². The van der Waals surface area contributed by atoms with Crippen molar-refractivity contribution in [2.45, 2.75) is 19.9 Å². The number of piperazine rings is 1. The van der Waals surface area contributed by atoms with Gasteiger partial charge in [-0.2, -0.15) is 0 Å². The van der Waals surface area contributed by atoms with E-state index >= 15 is 0 Å².